The number of aliphatic carboxylic acids is 1. The van der Waals surface area contributed by atoms with Crippen LogP contribution >= 0.6 is 0 Å². The van der Waals surface area contributed by atoms with Crippen molar-refractivity contribution in [3.63, 3.8) is 0 Å². The van der Waals surface area contributed by atoms with Crippen LogP contribution in [0.5, 0.6) is 0 Å². The Kier molecular flexibility index (Phi) is 2.62. The monoisotopic (exact) mass is 209 g/mol. The van der Waals surface area contributed by atoms with Gasteiger partial charge in [0.2, 0.25) is 0 Å². The van der Waals surface area contributed by atoms with Crippen LogP contribution in [0.4, 0.5) is 0 Å². The summed E-state index contributed by atoms with van der Waals surface area (Å²) in [5.74, 6) is -2.78. The first-order chi connectivity index (χ1) is 8.07. The summed E-state index contributed by atoms with van der Waals surface area (Å²) in [5.41, 5.74) is 1.02. The largest absolute Gasteiger partial charge is 0.481 e. The summed E-state index contributed by atoms with van der Waals surface area (Å²) in [6, 6.07) is 6.34. The van der Waals surface area contributed by atoms with Gasteiger partial charge >= 0.3 is 5.97 Å². The summed E-state index contributed by atoms with van der Waals surface area (Å²) in [6.45, 7) is 4.61. The summed E-state index contributed by atoms with van der Waals surface area (Å²) in [4.78, 5) is 10.8. The van der Waals surface area contributed by atoms with Gasteiger partial charge in [-0.1, -0.05) is 38.1 Å². The first-order valence-corrected chi connectivity index (χ1v) is 4.90. The van der Waals surface area contributed by atoms with Crippen molar-refractivity contribution in [2.24, 2.45) is 5.89 Å². The highest BCUT2D eigenvalue weighted by Gasteiger charge is 2.12. The lowest BCUT2D eigenvalue weighted by molar-refractivity contribution is -0.138. The Morgan fingerprint density at radius 3 is 2.33 bits per heavy atom. The number of carboxylic acid groups (broad SMARTS) is 1. The molecule has 1 rings (SSSR count). The summed E-state index contributed by atoms with van der Waals surface area (Å²) >= 11 is 0. The van der Waals surface area contributed by atoms with Gasteiger partial charge in [-0.2, -0.15) is 0 Å². The van der Waals surface area contributed by atoms with Crippen LogP contribution in [0.1, 0.15) is 41.9 Å². The van der Waals surface area contributed by atoms with Crippen LogP contribution in [0.15, 0.2) is 24.3 Å². The first kappa shape index (κ1) is 7.91. The number of hydrogen-bond acceptors (Lipinski definition) is 1. The Bertz CT molecular complexity index is 433. The van der Waals surface area contributed by atoms with E-state index in [0.29, 0.717) is 11.1 Å². The molecular formula is C13H18O2. The van der Waals surface area contributed by atoms with Crippen LogP contribution in [0.25, 0.3) is 0 Å². The molecule has 0 saturated carbocycles. The minimum Gasteiger partial charge on any atom is -0.481 e. The third-order valence-electron chi connectivity index (χ3n) is 2.18. The fourth-order valence-corrected chi connectivity index (χ4v) is 1.29. The Morgan fingerprint density at radius 2 is 1.93 bits per heavy atom. The molecule has 0 heterocycles. The Labute approximate surface area is 95.2 Å². The van der Waals surface area contributed by atoms with Crippen molar-refractivity contribution in [1.29, 1.82) is 0 Å². The SMILES string of the molecule is [2H]C(C)(C)C([2H])([2H])c1ccc(C(C)C(=O)O)cc1. The van der Waals surface area contributed by atoms with Crippen LogP contribution in [-0.2, 0) is 11.2 Å². The number of carbonyl (C=O) groups is 1. The Balaban J connectivity index is 3.07. The molecule has 0 bridgehead atoms. The summed E-state index contributed by atoms with van der Waals surface area (Å²) < 4.78 is 23.7. The lowest BCUT2D eigenvalue weighted by Gasteiger charge is -2.09. The van der Waals surface area contributed by atoms with Gasteiger partial charge in [-0.25, -0.2) is 0 Å². The molecule has 1 aromatic carbocycles. The fraction of sp³-hybridized carbons (Fsp3) is 0.462. The van der Waals surface area contributed by atoms with E-state index in [9.17, 15) is 4.79 Å². The number of benzene rings is 1. The highest BCUT2D eigenvalue weighted by atomic mass is 16.4. The maximum atomic E-state index is 10.8. The standard InChI is InChI=1S/C13H18O2/c1-9(2)8-11-4-6-12(7-5-11)10(3)13(14)15/h4-7,9-10H,8H2,1-3H3,(H,14,15)/i8D2,9D. The van der Waals surface area contributed by atoms with Gasteiger partial charge < -0.3 is 5.11 Å². The predicted octanol–water partition coefficient (Wildman–Crippen LogP) is 3.07. The van der Waals surface area contributed by atoms with Crippen molar-refractivity contribution in [3.8, 4) is 0 Å². The van der Waals surface area contributed by atoms with Crippen LogP contribution in [0, 0.1) is 5.89 Å². The average Bonchev–Trinajstić information content (AvgIpc) is 2.26. The van der Waals surface area contributed by atoms with Crippen LogP contribution in [0.2, 0.25) is 0 Å². The van der Waals surface area contributed by atoms with Crippen molar-refractivity contribution in [1.82, 2.24) is 0 Å². The molecule has 2 nitrogen and oxygen atoms in total. The summed E-state index contributed by atoms with van der Waals surface area (Å²) in [5, 5.41) is 8.89. The molecule has 1 aromatic rings. The van der Waals surface area contributed by atoms with E-state index >= 15 is 0 Å². The molecule has 1 atom stereocenters. The van der Waals surface area contributed by atoms with Crippen molar-refractivity contribution >= 4 is 5.97 Å². The second-order valence-corrected chi connectivity index (χ2v) is 3.81. The van der Waals surface area contributed by atoms with E-state index in [4.69, 9.17) is 9.22 Å². The van der Waals surface area contributed by atoms with E-state index < -0.39 is 24.2 Å². The topological polar surface area (TPSA) is 37.3 Å². The molecule has 0 radical (unpaired) electrons. The van der Waals surface area contributed by atoms with E-state index in [1.165, 1.54) is 13.8 Å². The quantitative estimate of drug-likeness (QED) is 0.827. The van der Waals surface area contributed by atoms with Crippen molar-refractivity contribution in [3.05, 3.63) is 35.4 Å². The Hall–Kier alpha value is -1.31. The zero-order chi connectivity index (χ0) is 14.1. The molecule has 0 saturated heterocycles. The molecule has 1 unspecified atom stereocenters. The van der Waals surface area contributed by atoms with Crippen molar-refractivity contribution < 1.29 is 14.0 Å². The third-order valence-corrected chi connectivity index (χ3v) is 2.18. The minimum atomic E-state index is -1.78. The van der Waals surface area contributed by atoms with Crippen molar-refractivity contribution in [2.75, 3.05) is 0 Å². The molecule has 1 N–H and O–H groups in total. The van der Waals surface area contributed by atoms with Gasteiger partial charge in [0, 0.05) is 4.11 Å². The van der Waals surface area contributed by atoms with E-state index in [1.54, 1.807) is 31.2 Å². The molecular weight excluding hydrogens is 188 g/mol. The molecule has 0 aliphatic heterocycles. The lowest BCUT2D eigenvalue weighted by atomic mass is 9.97. The zero-order valence-corrected chi connectivity index (χ0v) is 9.24. The zero-order valence-electron chi connectivity index (χ0n) is 12.2. The van der Waals surface area contributed by atoms with Gasteiger partial charge in [0.1, 0.15) is 0 Å². The predicted molar refractivity (Wildman–Crippen MR) is 61.0 cm³/mol. The highest BCUT2D eigenvalue weighted by Crippen LogP contribution is 2.17. The van der Waals surface area contributed by atoms with Crippen molar-refractivity contribution in [2.45, 2.75) is 33.1 Å². The van der Waals surface area contributed by atoms with Gasteiger partial charge in [-0.05, 0) is 30.3 Å². The van der Waals surface area contributed by atoms with E-state index in [1.807, 2.05) is 0 Å². The van der Waals surface area contributed by atoms with Gasteiger partial charge in [0.25, 0.3) is 0 Å². The van der Waals surface area contributed by atoms with Gasteiger partial charge in [-0.15, -0.1) is 0 Å². The maximum absolute atomic E-state index is 10.8. The molecule has 0 aliphatic rings. The van der Waals surface area contributed by atoms with Gasteiger partial charge in [-0.3, -0.25) is 4.79 Å². The second-order valence-electron chi connectivity index (χ2n) is 3.81. The molecule has 15 heavy (non-hydrogen) atoms. The molecule has 0 fully saturated rings. The lowest BCUT2D eigenvalue weighted by Crippen LogP contribution is -2.07. The number of hydrogen-bond donors (Lipinski definition) is 1. The maximum Gasteiger partial charge on any atom is 0.310 e. The number of rotatable bonds is 4. The Morgan fingerprint density at radius 1 is 1.40 bits per heavy atom. The van der Waals surface area contributed by atoms with Gasteiger partial charge in [0.15, 0.2) is 0 Å². The second kappa shape index (κ2) is 4.96. The van der Waals surface area contributed by atoms with E-state index in [0.717, 1.165) is 0 Å². The summed E-state index contributed by atoms with van der Waals surface area (Å²) in [7, 11) is 0. The van der Waals surface area contributed by atoms with Crippen LogP contribution < -0.4 is 0 Å². The first-order valence-electron chi connectivity index (χ1n) is 6.40. The van der Waals surface area contributed by atoms with Crippen LogP contribution in [0.3, 0.4) is 0 Å². The molecule has 0 aliphatic carbocycles. The molecule has 0 aromatic heterocycles. The molecule has 82 valence electrons. The average molecular weight is 209 g/mol. The van der Waals surface area contributed by atoms with Crippen LogP contribution in [-0.4, -0.2) is 11.1 Å². The fourth-order valence-electron chi connectivity index (χ4n) is 1.29. The smallest absolute Gasteiger partial charge is 0.310 e. The van der Waals surface area contributed by atoms with Gasteiger partial charge in [0.05, 0.1) is 5.92 Å². The number of carboxylic acids is 1. The minimum absolute atomic E-state index is 0.392. The molecule has 2 heteroatoms. The molecule has 0 spiro atoms. The normalized spacial score (nSPS) is 17.4. The molecule has 0 amide bonds. The summed E-state index contributed by atoms with van der Waals surface area (Å²) in [6.07, 6.45) is -1.78. The van der Waals surface area contributed by atoms with E-state index in [2.05, 4.69) is 0 Å². The third kappa shape index (κ3) is 3.39. The highest BCUT2D eigenvalue weighted by molar-refractivity contribution is 5.75. The van der Waals surface area contributed by atoms with E-state index in [-0.39, 0.29) is 0 Å².